The third-order valence-corrected chi connectivity index (χ3v) is 1.97. The van der Waals surface area contributed by atoms with Crippen LogP contribution in [0.25, 0.3) is 0 Å². The monoisotopic (exact) mass is 237 g/mol. The van der Waals surface area contributed by atoms with Crippen molar-refractivity contribution in [1.82, 2.24) is 0 Å². The average molecular weight is 237 g/mol. The summed E-state index contributed by atoms with van der Waals surface area (Å²) in [5.41, 5.74) is 0.569. The molecule has 0 aliphatic heterocycles. The smallest absolute Gasteiger partial charge is 0.308 e. The Bertz CT molecular complexity index is 429. The molecular formula is C12H15NO4. The summed E-state index contributed by atoms with van der Waals surface area (Å²) < 4.78 is 15.1. The number of nitrogens with one attached hydrogen (secondary N) is 1. The standard InChI is InChI=1S/C12H15NO4/c1-4-16-12(13)9-5-6-10(17-8(2)14)11(7-9)15-3/h5-7,13H,4H2,1-3H3. The van der Waals surface area contributed by atoms with E-state index in [0.717, 1.165) is 0 Å². The van der Waals surface area contributed by atoms with E-state index in [-0.39, 0.29) is 5.90 Å². The third kappa shape index (κ3) is 3.48. The van der Waals surface area contributed by atoms with Gasteiger partial charge >= 0.3 is 5.97 Å². The van der Waals surface area contributed by atoms with Gasteiger partial charge in [-0.05, 0) is 25.1 Å². The first-order chi connectivity index (χ1) is 8.08. The number of benzene rings is 1. The Morgan fingerprint density at radius 1 is 1.35 bits per heavy atom. The molecule has 0 atom stereocenters. The van der Waals surface area contributed by atoms with Gasteiger partial charge in [0.15, 0.2) is 11.5 Å². The van der Waals surface area contributed by atoms with Crippen LogP contribution in [0.2, 0.25) is 0 Å². The van der Waals surface area contributed by atoms with E-state index in [1.54, 1.807) is 25.1 Å². The van der Waals surface area contributed by atoms with Crippen LogP contribution in [-0.4, -0.2) is 25.6 Å². The summed E-state index contributed by atoms with van der Waals surface area (Å²) in [5, 5.41) is 7.63. The first kappa shape index (κ1) is 13.0. The second-order valence-electron chi connectivity index (χ2n) is 3.22. The minimum Gasteiger partial charge on any atom is -0.493 e. The largest absolute Gasteiger partial charge is 0.493 e. The van der Waals surface area contributed by atoms with E-state index in [4.69, 9.17) is 19.6 Å². The summed E-state index contributed by atoms with van der Waals surface area (Å²) in [5.74, 6) is 0.353. The molecular weight excluding hydrogens is 222 g/mol. The molecule has 5 heteroatoms. The van der Waals surface area contributed by atoms with Gasteiger partial charge in [0, 0.05) is 12.5 Å². The molecule has 0 radical (unpaired) electrons. The Morgan fingerprint density at radius 2 is 2.06 bits per heavy atom. The topological polar surface area (TPSA) is 68.6 Å². The highest BCUT2D eigenvalue weighted by Crippen LogP contribution is 2.28. The molecule has 17 heavy (non-hydrogen) atoms. The molecule has 0 aromatic heterocycles. The zero-order chi connectivity index (χ0) is 12.8. The average Bonchev–Trinajstić information content (AvgIpc) is 2.29. The quantitative estimate of drug-likeness (QED) is 0.376. The molecule has 1 aromatic rings. The fraction of sp³-hybridized carbons (Fsp3) is 0.333. The molecule has 5 nitrogen and oxygen atoms in total. The van der Waals surface area contributed by atoms with E-state index in [0.29, 0.717) is 23.7 Å². The van der Waals surface area contributed by atoms with Gasteiger partial charge in [-0.25, -0.2) is 0 Å². The number of esters is 1. The van der Waals surface area contributed by atoms with E-state index in [2.05, 4.69) is 0 Å². The zero-order valence-electron chi connectivity index (χ0n) is 10.1. The Labute approximate surface area is 99.8 Å². The third-order valence-electron chi connectivity index (χ3n) is 1.97. The SMILES string of the molecule is CCOC(=N)c1ccc(OC(C)=O)c(OC)c1. The van der Waals surface area contributed by atoms with E-state index in [1.807, 2.05) is 0 Å². The number of carbonyl (C=O) groups is 1. The molecule has 0 fully saturated rings. The van der Waals surface area contributed by atoms with Gasteiger partial charge in [0.25, 0.3) is 0 Å². The van der Waals surface area contributed by atoms with Gasteiger partial charge < -0.3 is 14.2 Å². The molecule has 92 valence electrons. The highest BCUT2D eigenvalue weighted by Gasteiger charge is 2.10. The first-order valence-electron chi connectivity index (χ1n) is 5.16. The van der Waals surface area contributed by atoms with Gasteiger partial charge in [-0.15, -0.1) is 0 Å². The Balaban J connectivity index is 2.99. The van der Waals surface area contributed by atoms with Gasteiger partial charge in [0.2, 0.25) is 5.90 Å². The van der Waals surface area contributed by atoms with Crippen LogP contribution in [0.1, 0.15) is 19.4 Å². The zero-order valence-corrected chi connectivity index (χ0v) is 10.1. The van der Waals surface area contributed by atoms with Crippen LogP contribution in [0.3, 0.4) is 0 Å². The minimum atomic E-state index is -0.420. The molecule has 0 saturated heterocycles. The van der Waals surface area contributed by atoms with Crippen LogP contribution < -0.4 is 9.47 Å². The van der Waals surface area contributed by atoms with Crippen molar-refractivity contribution < 1.29 is 19.0 Å². The lowest BCUT2D eigenvalue weighted by Crippen LogP contribution is -2.07. The number of rotatable bonds is 4. The van der Waals surface area contributed by atoms with Crippen molar-refractivity contribution in [2.45, 2.75) is 13.8 Å². The predicted octanol–water partition coefficient (Wildman–Crippen LogP) is 1.98. The van der Waals surface area contributed by atoms with Crippen molar-refractivity contribution >= 4 is 11.9 Å². The molecule has 0 spiro atoms. The summed E-state index contributed by atoms with van der Waals surface area (Å²) in [7, 11) is 1.47. The molecule has 0 aliphatic rings. The van der Waals surface area contributed by atoms with Crippen molar-refractivity contribution in [3.05, 3.63) is 23.8 Å². The maximum Gasteiger partial charge on any atom is 0.308 e. The van der Waals surface area contributed by atoms with Crippen LogP contribution in [0.5, 0.6) is 11.5 Å². The van der Waals surface area contributed by atoms with Crippen LogP contribution >= 0.6 is 0 Å². The van der Waals surface area contributed by atoms with Crippen LogP contribution in [0, 0.1) is 5.41 Å². The Kier molecular flexibility index (Phi) is 4.51. The predicted molar refractivity (Wildman–Crippen MR) is 62.8 cm³/mol. The maximum atomic E-state index is 10.9. The van der Waals surface area contributed by atoms with Gasteiger partial charge in [0.05, 0.1) is 13.7 Å². The number of hydrogen-bond acceptors (Lipinski definition) is 5. The highest BCUT2D eigenvalue weighted by molar-refractivity contribution is 5.92. The Morgan fingerprint density at radius 3 is 2.59 bits per heavy atom. The fourth-order valence-electron chi connectivity index (χ4n) is 1.28. The molecule has 0 amide bonds. The molecule has 0 aliphatic carbocycles. The van der Waals surface area contributed by atoms with Gasteiger partial charge in [0.1, 0.15) is 0 Å². The normalized spacial score (nSPS) is 9.59. The molecule has 1 aromatic carbocycles. The molecule has 0 saturated carbocycles. The lowest BCUT2D eigenvalue weighted by atomic mass is 10.2. The molecule has 1 rings (SSSR count). The van der Waals surface area contributed by atoms with E-state index < -0.39 is 5.97 Å². The second-order valence-corrected chi connectivity index (χ2v) is 3.22. The second kappa shape index (κ2) is 5.89. The summed E-state index contributed by atoms with van der Waals surface area (Å²) in [6, 6.07) is 4.80. The minimum absolute atomic E-state index is 0.0557. The van der Waals surface area contributed by atoms with Crippen molar-refractivity contribution in [2.75, 3.05) is 13.7 Å². The number of hydrogen-bond donors (Lipinski definition) is 1. The van der Waals surface area contributed by atoms with Gasteiger partial charge in [-0.1, -0.05) is 0 Å². The van der Waals surface area contributed by atoms with Gasteiger partial charge in [-0.2, -0.15) is 0 Å². The lowest BCUT2D eigenvalue weighted by molar-refractivity contribution is -0.132. The summed E-state index contributed by atoms with van der Waals surface area (Å²) in [6.45, 7) is 3.54. The van der Waals surface area contributed by atoms with Gasteiger partial charge in [-0.3, -0.25) is 10.2 Å². The van der Waals surface area contributed by atoms with E-state index in [1.165, 1.54) is 14.0 Å². The highest BCUT2D eigenvalue weighted by atomic mass is 16.6. The first-order valence-corrected chi connectivity index (χ1v) is 5.16. The van der Waals surface area contributed by atoms with Crippen LogP contribution in [0.15, 0.2) is 18.2 Å². The number of methoxy groups -OCH3 is 1. The van der Waals surface area contributed by atoms with E-state index >= 15 is 0 Å². The fourth-order valence-corrected chi connectivity index (χ4v) is 1.28. The van der Waals surface area contributed by atoms with E-state index in [9.17, 15) is 4.79 Å². The maximum absolute atomic E-state index is 10.9. The van der Waals surface area contributed by atoms with Crippen molar-refractivity contribution in [3.8, 4) is 11.5 Å². The van der Waals surface area contributed by atoms with Crippen molar-refractivity contribution in [1.29, 1.82) is 5.41 Å². The molecule has 0 heterocycles. The summed E-state index contributed by atoms with van der Waals surface area (Å²) >= 11 is 0. The van der Waals surface area contributed by atoms with Crippen LogP contribution in [-0.2, 0) is 9.53 Å². The number of ether oxygens (including phenoxy) is 3. The molecule has 0 unspecified atom stereocenters. The summed E-state index contributed by atoms with van der Waals surface area (Å²) in [6.07, 6.45) is 0. The van der Waals surface area contributed by atoms with Crippen LogP contribution in [0.4, 0.5) is 0 Å². The van der Waals surface area contributed by atoms with Crippen molar-refractivity contribution in [2.24, 2.45) is 0 Å². The van der Waals surface area contributed by atoms with Crippen molar-refractivity contribution in [3.63, 3.8) is 0 Å². The Hall–Kier alpha value is -2.04. The number of carbonyl (C=O) groups excluding carboxylic acids is 1. The summed E-state index contributed by atoms with van der Waals surface area (Å²) in [4.78, 5) is 10.9. The molecule has 1 N–H and O–H groups in total. The molecule has 0 bridgehead atoms. The lowest BCUT2D eigenvalue weighted by Gasteiger charge is -2.10.